The van der Waals surface area contributed by atoms with Gasteiger partial charge in [0.15, 0.2) is 5.78 Å². The van der Waals surface area contributed by atoms with Gasteiger partial charge in [-0.3, -0.25) is 24.0 Å². The predicted molar refractivity (Wildman–Crippen MR) is 108 cm³/mol. The number of unbranched alkanes of at least 4 members (excludes halogenated alkanes) is 1. The molecule has 166 valence electrons. The Labute approximate surface area is 175 Å². The largest absolute Gasteiger partial charge is 0.481 e. The first-order valence-electron chi connectivity index (χ1n) is 9.45. The number of carbonyl (C=O) groups is 5. The normalized spacial score (nSPS) is 13.9. The molecule has 29 heavy (non-hydrogen) atoms. The summed E-state index contributed by atoms with van der Waals surface area (Å²) in [7, 11) is 0. The number of thiol groups is 1. The lowest BCUT2D eigenvalue weighted by molar-refractivity contribution is -0.144. The molecule has 0 aliphatic heterocycles. The van der Waals surface area contributed by atoms with Crippen LogP contribution < -0.4 is 16.8 Å². The van der Waals surface area contributed by atoms with Crippen LogP contribution in [-0.4, -0.2) is 64.5 Å². The summed E-state index contributed by atoms with van der Waals surface area (Å²) in [5, 5.41) is 20.3. The number of hydrogen-bond acceptors (Lipinski definition) is 8. The molecule has 3 atom stereocenters. The van der Waals surface area contributed by atoms with E-state index in [0.717, 1.165) is 0 Å². The molecule has 0 fully saturated rings. The number of rotatable bonds is 17. The summed E-state index contributed by atoms with van der Waals surface area (Å²) in [5.74, 6) is -5.11. The van der Waals surface area contributed by atoms with Crippen molar-refractivity contribution in [2.75, 3.05) is 18.8 Å². The minimum atomic E-state index is -1.21. The lowest BCUT2D eigenvalue weighted by Gasteiger charge is -2.15. The Kier molecular flexibility index (Phi) is 13.9. The molecular formula is C18H31N3O7S. The van der Waals surface area contributed by atoms with E-state index in [1.54, 1.807) is 0 Å². The van der Waals surface area contributed by atoms with Crippen LogP contribution in [0.1, 0.15) is 44.9 Å². The number of nitrogens with one attached hydrogen (secondary N) is 1. The SMILES string of the molecule is NCCCC[C@H](CC(=O)CNC(=O)[C@H](CS)CC(=O)CC[C@H](N)C(=O)O)C(=O)O. The molecule has 0 aliphatic rings. The van der Waals surface area contributed by atoms with Gasteiger partial charge >= 0.3 is 11.9 Å². The van der Waals surface area contributed by atoms with E-state index in [9.17, 15) is 29.1 Å². The second-order valence-corrected chi connectivity index (χ2v) is 7.25. The molecule has 1 amide bonds. The van der Waals surface area contributed by atoms with Crippen LogP contribution in [0.4, 0.5) is 0 Å². The van der Waals surface area contributed by atoms with Gasteiger partial charge in [-0.25, -0.2) is 0 Å². The van der Waals surface area contributed by atoms with Crippen LogP contribution in [0.15, 0.2) is 0 Å². The Bertz CT molecular complexity index is 586. The Hall–Kier alpha value is -1.98. The van der Waals surface area contributed by atoms with Gasteiger partial charge in [0, 0.05) is 25.0 Å². The number of carbonyl (C=O) groups excluding carboxylic acids is 3. The predicted octanol–water partition coefficient (Wildman–Crippen LogP) is -0.411. The molecule has 0 radical (unpaired) electrons. The van der Waals surface area contributed by atoms with Gasteiger partial charge in [0.2, 0.25) is 5.91 Å². The first-order chi connectivity index (χ1) is 13.6. The fourth-order valence-electron chi connectivity index (χ4n) is 2.58. The number of aliphatic carboxylic acids is 2. The molecule has 0 saturated heterocycles. The number of amides is 1. The van der Waals surface area contributed by atoms with Gasteiger partial charge in [0.05, 0.1) is 18.4 Å². The highest BCUT2D eigenvalue weighted by molar-refractivity contribution is 7.80. The fraction of sp³-hybridized carbons (Fsp3) is 0.722. The smallest absolute Gasteiger partial charge is 0.320 e. The quantitative estimate of drug-likeness (QED) is 0.131. The minimum absolute atomic E-state index is 0.0334. The highest BCUT2D eigenvalue weighted by atomic mass is 32.1. The molecule has 10 nitrogen and oxygen atoms in total. The van der Waals surface area contributed by atoms with Gasteiger partial charge in [-0.05, 0) is 25.8 Å². The zero-order valence-electron chi connectivity index (χ0n) is 16.3. The standard InChI is InChI=1S/C18H31N3O7S/c19-6-2-1-3-11(17(25)26)7-14(23)9-21-16(24)12(10-29)8-13(22)4-5-15(20)18(27)28/h11-12,15,29H,1-10,19-20H2,(H,21,24)(H,25,26)(H,27,28)/t11-,12+,15+/m1/s1. The average Bonchev–Trinajstić information content (AvgIpc) is 2.67. The molecule has 11 heteroatoms. The highest BCUT2D eigenvalue weighted by Crippen LogP contribution is 2.14. The van der Waals surface area contributed by atoms with Crippen molar-refractivity contribution in [3.05, 3.63) is 0 Å². The molecule has 0 spiro atoms. The van der Waals surface area contributed by atoms with Gasteiger partial charge in [0.1, 0.15) is 11.8 Å². The summed E-state index contributed by atoms with van der Waals surface area (Å²) >= 11 is 4.04. The molecule has 0 heterocycles. The number of nitrogens with two attached hydrogens (primary N) is 2. The molecule has 7 N–H and O–H groups in total. The molecule has 0 aromatic rings. The Morgan fingerprint density at radius 2 is 1.52 bits per heavy atom. The molecule has 0 unspecified atom stereocenters. The summed E-state index contributed by atoms with van der Waals surface area (Å²) < 4.78 is 0. The second kappa shape index (κ2) is 14.9. The second-order valence-electron chi connectivity index (χ2n) is 6.89. The fourth-order valence-corrected chi connectivity index (χ4v) is 2.88. The number of carboxylic acid groups (broad SMARTS) is 2. The van der Waals surface area contributed by atoms with Crippen molar-refractivity contribution in [1.82, 2.24) is 5.32 Å². The lowest BCUT2D eigenvalue weighted by atomic mass is 9.96. The van der Waals surface area contributed by atoms with Crippen molar-refractivity contribution in [3.8, 4) is 0 Å². The molecule has 0 aromatic heterocycles. The van der Waals surface area contributed by atoms with E-state index < -0.39 is 41.5 Å². The van der Waals surface area contributed by atoms with Gasteiger partial charge in [0.25, 0.3) is 0 Å². The van der Waals surface area contributed by atoms with Gasteiger partial charge in [-0.15, -0.1) is 0 Å². The van der Waals surface area contributed by atoms with E-state index >= 15 is 0 Å². The number of ketones is 2. The van der Waals surface area contributed by atoms with Crippen molar-refractivity contribution in [2.24, 2.45) is 23.3 Å². The number of hydrogen-bond donors (Lipinski definition) is 6. The Morgan fingerprint density at radius 3 is 2.03 bits per heavy atom. The number of carboxylic acids is 2. The van der Waals surface area contributed by atoms with Crippen LogP contribution in [0.5, 0.6) is 0 Å². The zero-order chi connectivity index (χ0) is 22.4. The van der Waals surface area contributed by atoms with Crippen molar-refractivity contribution < 1.29 is 34.2 Å². The van der Waals surface area contributed by atoms with Gasteiger partial charge in [-0.2, -0.15) is 12.6 Å². The van der Waals surface area contributed by atoms with Crippen LogP contribution in [0.3, 0.4) is 0 Å². The van der Waals surface area contributed by atoms with Crippen LogP contribution >= 0.6 is 12.6 Å². The first-order valence-corrected chi connectivity index (χ1v) is 10.1. The first kappa shape index (κ1) is 27.0. The average molecular weight is 434 g/mol. The van der Waals surface area contributed by atoms with E-state index in [-0.39, 0.29) is 43.8 Å². The maximum Gasteiger partial charge on any atom is 0.320 e. The van der Waals surface area contributed by atoms with E-state index in [4.69, 9.17) is 16.6 Å². The van der Waals surface area contributed by atoms with Gasteiger partial charge in [-0.1, -0.05) is 6.42 Å². The van der Waals surface area contributed by atoms with Crippen LogP contribution in [0.25, 0.3) is 0 Å². The number of Topliss-reactive ketones (excluding diaryl/α,β-unsaturated/α-hetero) is 2. The molecule has 0 bridgehead atoms. The Morgan fingerprint density at radius 1 is 0.897 bits per heavy atom. The van der Waals surface area contributed by atoms with Crippen LogP contribution in [0, 0.1) is 11.8 Å². The van der Waals surface area contributed by atoms with Crippen molar-refractivity contribution in [2.45, 2.75) is 51.0 Å². The van der Waals surface area contributed by atoms with E-state index in [1.807, 2.05) is 0 Å². The van der Waals surface area contributed by atoms with E-state index in [2.05, 4.69) is 17.9 Å². The molecule has 0 aromatic carbocycles. The summed E-state index contributed by atoms with van der Waals surface area (Å²) in [6.45, 7) is 0.115. The molecule has 0 aliphatic carbocycles. The van der Waals surface area contributed by atoms with E-state index in [0.29, 0.717) is 25.8 Å². The topological polar surface area (TPSA) is 190 Å². The van der Waals surface area contributed by atoms with Crippen LogP contribution in [0.2, 0.25) is 0 Å². The third kappa shape index (κ3) is 12.2. The summed E-state index contributed by atoms with van der Waals surface area (Å²) in [6, 6.07) is -1.15. The maximum atomic E-state index is 12.2. The lowest BCUT2D eigenvalue weighted by Crippen LogP contribution is -2.37. The monoisotopic (exact) mass is 433 g/mol. The third-order valence-electron chi connectivity index (χ3n) is 4.41. The maximum absolute atomic E-state index is 12.2. The van der Waals surface area contributed by atoms with Crippen molar-refractivity contribution in [1.29, 1.82) is 0 Å². The van der Waals surface area contributed by atoms with E-state index in [1.165, 1.54) is 0 Å². The third-order valence-corrected chi connectivity index (χ3v) is 4.85. The Balaban J connectivity index is 4.45. The minimum Gasteiger partial charge on any atom is -0.481 e. The van der Waals surface area contributed by atoms with Gasteiger partial charge < -0.3 is 27.0 Å². The van der Waals surface area contributed by atoms with Crippen molar-refractivity contribution >= 4 is 42.0 Å². The molecule has 0 rings (SSSR count). The molecule has 0 saturated carbocycles. The zero-order valence-corrected chi connectivity index (χ0v) is 17.2. The van der Waals surface area contributed by atoms with Crippen molar-refractivity contribution in [3.63, 3.8) is 0 Å². The summed E-state index contributed by atoms with van der Waals surface area (Å²) in [4.78, 5) is 58.0. The van der Waals surface area contributed by atoms with Crippen LogP contribution in [-0.2, 0) is 24.0 Å². The summed E-state index contributed by atoms with van der Waals surface area (Å²) in [6.07, 6.45) is 1.15. The summed E-state index contributed by atoms with van der Waals surface area (Å²) in [5.41, 5.74) is 10.7. The highest BCUT2D eigenvalue weighted by Gasteiger charge is 2.24. The molecular weight excluding hydrogens is 402 g/mol.